The molecule has 1 amide bonds. The van der Waals surface area contributed by atoms with Crippen LogP contribution < -0.4 is 10.1 Å². The highest BCUT2D eigenvalue weighted by Crippen LogP contribution is 2.19. The summed E-state index contributed by atoms with van der Waals surface area (Å²) in [5, 5.41) is 2.83. The van der Waals surface area contributed by atoms with E-state index in [0.717, 1.165) is 17.3 Å². The summed E-state index contributed by atoms with van der Waals surface area (Å²) >= 11 is 1.15. The molecule has 0 aliphatic carbocycles. The molecule has 0 atom stereocenters. The first kappa shape index (κ1) is 17.1. The molecule has 2 aromatic carbocycles. The molecule has 23 heavy (non-hydrogen) atoms. The first-order valence-corrected chi connectivity index (χ1v) is 8.32. The Labute approximate surface area is 140 Å². The van der Waals surface area contributed by atoms with E-state index in [4.69, 9.17) is 4.74 Å². The lowest BCUT2D eigenvalue weighted by Crippen LogP contribution is -2.12. The van der Waals surface area contributed by atoms with E-state index in [0.29, 0.717) is 30.2 Å². The van der Waals surface area contributed by atoms with Gasteiger partial charge in [0.1, 0.15) is 12.4 Å². The van der Waals surface area contributed by atoms with E-state index in [2.05, 4.69) is 5.32 Å². The summed E-state index contributed by atoms with van der Waals surface area (Å²) in [7, 11) is 0. The summed E-state index contributed by atoms with van der Waals surface area (Å²) in [5.74, 6) is 1.08. The van der Waals surface area contributed by atoms with Crippen molar-refractivity contribution in [2.75, 3.05) is 11.1 Å². The predicted octanol–water partition coefficient (Wildman–Crippen LogP) is 3.87. The van der Waals surface area contributed by atoms with Crippen LogP contribution in [0.25, 0.3) is 0 Å². The molecule has 2 rings (SSSR count). The van der Waals surface area contributed by atoms with Crippen molar-refractivity contribution in [3.63, 3.8) is 0 Å². The summed E-state index contributed by atoms with van der Waals surface area (Å²) in [6, 6.07) is 17.2. The molecule has 0 bridgehead atoms. The Morgan fingerprint density at radius 2 is 1.87 bits per heavy atom. The molecule has 0 saturated heterocycles. The van der Waals surface area contributed by atoms with E-state index in [9.17, 15) is 9.59 Å². The average Bonchev–Trinajstić information content (AvgIpc) is 2.54. The van der Waals surface area contributed by atoms with Crippen LogP contribution in [0.3, 0.4) is 0 Å². The number of carbonyl (C=O) groups is 2. The van der Waals surface area contributed by atoms with E-state index in [-0.39, 0.29) is 11.0 Å². The lowest BCUT2D eigenvalue weighted by molar-refractivity contribution is -0.115. The van der Waals surface area contributed by atoms with Crippen LogP contribution >= 0.6 is 11.8 Å². The van der Waals surface area contributed by atoms with Gasteiger partial charge in [0.05, 0.1) is 0 Å². The quantitative estimate of drug-likeness (QED) is 0.838. The second-order valence-electron chi connectivity index (χ2n) is 4.94. The zero-order chi connectivity index (χ0) is 16.5. The molecular weight excluding hydrogens is 310 g/mol. The number of hydrogen-bond donors (Lipinski definition) is 1. The van der Waals surface area contributed by atoms with Gasteiger partial charge in [0.25, 0.3) is 0 Å². The summed E-state index contributed by atoms with van der Waals surface area (Å²) in [6.07, 6.45) is 0.305. The SMILES string of the molecule is CC(=O)SCCC(=O)Nc1cccc(OCc2ccccc2)c1. The molecule has 1 N–H and O–H groups in total. The molecule has 0 heterocycles. The normalized spacial score (nSPS) is 10.1. The molecule has 0 fully saturated rings. The van der Waals surface area contributed by atoms with Gasteiger partial charge in [-0.05, 0) is 17.7 Å². The van der Waals surface area contributed by atoms with Gasteiger partial charge in [-0.2, -0.15) is 0 Å². The average molecular weight is 329 g/mol. The summed E-state index contributed by atoms with van der Waals surface area (Å²) < 4.78 is 5.73. The summed E-state index contributed by atoms with van der Waals surface area (Å²) in [6.45, 7) is 1.98. The second-order valence-corrected chi connectivity index (χ2v) is 6.21. The molecular formula is C18H19NO3S. The zero-order valence-electron chi connectivity index (χ0n) is 13.0. The zero-order valence-corrected chi connectivity index (χ0v) is 13.8. The number of anilines is 1. The third kappa shape index (κ3) is 6.57. The van der Waals surface area contributed by atoms with E-state index in [1.165, 1.54) is 6.92 Å². The van der Waals surface area contributed by atoms with E-state index < -0.39 is 0 Å². The van der Waals surface area contributed by atoms with Crippen molar-refractivity contribution in [2.24, 2.45) is 0 Å². The first-order chi connectivity index (χ1) is 11.1. The highest BCUT2D eigenvalue weighted by Gasteiger charge is 2.05. The Bertz CT molecular complexity index is 658. The smallest absolute Gasteiger partial charge is 0.225 e. The Morgan fingerprint density at radius 3 is 2.61 bits per heavy atom. The minimum absolute atomic E-state index is 0.0223. The van der Waals surface area contributed by atoms with Crippen LogP contribution in [0.2, 0.25) is 0 Å². The highest BCUT2D eigenvalue weighted by atomic mass is 32.2. The van der Waals surface area contributed by atoms with Gasteiger partial charge in [0.15, 0.2) is 5.12 Å². The van der Waals surface area contributed by atoms with Crippen molar-refractivity contribution in [3.8, 4) is 5.75 Å². The highest BCUT2D eigenvalue weighted by molar-refractivity contribution is 8.13. The molecule has 2 aromatic rings. The fraction of sp³-hybridized carbons (Fsp3) is 0.222. The van der Waals surface area contributed by atoms with Crippen molar-refractivity contribution >= 4 is 28.5 Å². The molecule has 0 radical (unpaired) electrons. The Kier molecular flexibility index (Phi) is 6.69. The monoisotopic (exact) mass is 329 g/mol. The van der Waals surface area contributed by atoms with Crippen LogP contribution in [0.4, 0.5) is 5.69 Å². The molecule has 5 heteroatoms. The molecule has 0 aliphatic heterocycles. The van der Waals surface area contributed by atoms with Crippen LogP contribution in [0, 0.1) is 0 Å². The van der Waals surface area contributed by atoms with Gasteiger partial charge in [-0.25, -0.2) is 0 Å². The fourth-order valence-electron chi connectivity index (χ4n) is 1.92. The van der Waals surface area contributed by atoms with Crippen LogP contribution in [0.15, 0.2) is 54.6 Å². The molecule has 0 aromatic heterocycles. The number of rotatable bonds is 7. The van der Waals surface area contributed by atoms with Gasteiger partial charge in [0, 0.05) is 30.9 Å². The lowest BCUT2D eigenvalue weighted by Gasteiger charge is -2.09. The van der Waals surface area contributed by atoms with Crippen LogP contribution in [-0.4, -0.2) is 16.8 Å². The maximum atomic E-state index is 11.8. The van der Waals surface area contributed by atoms with Crippen LogP contribution in [0.5, 0.6) is 5.75 Å². The topological polar surface area (TPSA) is 55.4 Å². The Morgan fingerprint density at radius 1 is 1.09 bits per heavy atom. The van der Waals surface area contributed by atoms with E-state index >= 15 is 0 Å². The maximum absolute atomic E-state index is 11.8. The minimum atomic E-state index is -0.112. The summed E-state index contributed by atoms with van der Waals surface area (Å²) in [5.41, 5.74) is 1.77. The molecule has 0 spiro atoms. The minimum Gasteiger partial charge on any atom is -0.489 e. The summed E-state index contributed by atoms with van der Waals surface area (Å²) in [4.78, 5) is 22.6. The number of hydrogen-bond acceptors (Lipinski definition) is 4. The van der Waals surface area contributed by atoms with Gasteiger partial charge in [-0.15, -0.1) is 0 Å². The predicted molar refractivity (Wildman–Crippen MR) is 93.6 cm³/mol. The van der Waals surface area contributed by atoms with Gasteiger partial charge in [0.2, 0.25) is 5.91 Å². The second kappa shape index (κ2) is 9.00. The number of thioether (sulfide) groups is 1. The molecule has 0 unspecified atom stereocenters. The van der Waals surface area contributed by atoms with Crippen LogP contribution in [0.1, 0.15) is 18.9 Å². The number of ether oxygens (including phenoxy) is 1. The lowest BCUT2D eigenvalue weighted by atomic mass is 10.2. The van der Waals surface area contributed by atoms with Crippen molar-refractivity contribution in [3.05, 3.63) is 60.2 Å². The van der Waals surface area contributed by atoms with Gasteiger partial charge < -0.3 is 10.1 Å². The molecule has 120 valence electrons. The van der Waals surface area contributed by atoms with Crippen molar-refractivity contribution in [1.29, 1.82) is 0 Å². The third-order valence-corrected chi connectivity index (χ3v) is 3.82. The van der Waals surface area contributed by atoms with Crippen molar-refractivity contribution in [2.45, 2.75) is 20.0 Å². The largest absolute Gasteiger partial charge is 0.489 e. The Balaban J connectivity index is 1.84. The third-order valence-electron chi connectivity index (χ3n) is 3.00. The molecule has 4 nitrogen and oxygen atoms in total. The van der Waals surface area contributed by atoms with Gasteiger partial charge >= 0.3 is 0 Å². The first-order valence-electron chi connectivity index (χ1n) is 7.33. The van der Waals surface area contributed by atoms with E-state index in [1.807, 2.05) is 48.5 Å². The van der Waals surface area contributed by atoms with Crippen molar-refractivity contribution in [1.82, 2.24) is 0 Å². The number of amides is 1. The van der Waals surface area contributed by atoms with E-state index in [1.54, 1.807) is 6.07 Å². The van der Waals surface area contributed by atoms with Crippen molar-refractivity contribution < 1.29 is 14.3 Å². The number of carbonyl (C=O) groups excluding carboxylic acids is 2. The fourth-order valence-corrected chi connectivity index (χ4v) is 2.49. The van der Waals surface area contributed by atoms with Gasteiger partial charge in [-0.1, -0.05) is 48.2 Å². The van der Waals surface area contributed by atoms with Gasteiger partial charge in [-0.3, -0.25) is 9.59 Å². The maximum Gasteiger partial charge on any atom is 0.225 e. The standard InChI is InChI=1S/C18H19NO3S/c1-14(20)23-11-10-18(21)19-16-8-5-9-17(12-16)22-13-15-6-3-2-4-7-15/h2-9,12H,10-11,13H2,1H3,(H,19,21). The Hall–Kier alpha value is -2.27. The van der Waals surface area contributed by atoms with Crippen LogP contribution in [-0.2, 0) is 16.2 Å². The molecule has 0 saturated carbocycles. The number of nitrogens with one attached hydrogen (secondary N) is 1. The molecule has 0 aliphatic rings. The number of benzene rings is 2.